The molecule has 1 aliphatic rings. The first-order valence-electron chi connectivity index (χ1n) is 6.09. The van der Waals surface area contributed by atoms with Crippen molar-refractivity contribution in [3.05, 3.63) is 48.2 Å². The van der Waals surface area contributed by atoms with Crippen LogP contribution in [-0.2, 0) is 16.1 Å². The van der Waals surface area contributed by atoms with Crippen molar-refractivity contribution in [3.8, 4) is 0 Å². The summed E-state index contributed by atoms with van der Waals surface area (Å²) in [7, 11) is 0. The van der Waals surface area contributed by atoms with E-state index in [0.717, 1.165) is 18.4 Å². The van der Waals surface area contributed by atoms with E-state index < -0.39 is 6.09 Å². The van der Waals surface area contributed by atoms with Gasteiger partial charge in [0.1, 0.15) is 12.7 Å². The van der Waals surface area contributed by atoms with E-state index in [1.54, 1.807) is 6.26 Å². The summed E-state index contributed by atoms with van der Waals surface area (Å²) in [4.78, 5) is 11.5. The van der Waals surface area contributed by atoms with Crippen LogP contribution < -0.4 is 5.32 Å². The first kappa shape index (κ1) is 12.5. The Morgan fingerprint density at radius 1 is 1.39 bits per heavy atom. The van der Waals surface area contributed by atoms with Crippen LogP contribution in [-0.4, -0.2) is 18.7 Å². The molecule has 1 aromatic rings. The Labute approximate surface area is 107 Å². The highest BCUT2D eigenvalue weighted by Crippen LogP contribution is 2.09. The predicted octanol–water partition coefficient (Wildman–Crippen LogP) is 2.61. The van der Waals surface area contributed by atoms with E-state index in [1.165, 1.54) is 0 Å². The second kappa shape index (κ2) is 6.69. The molecule has 4 nitrogen and oxygen atoms in total. The van der Waals surface area contributed by atoms with Gasteiger partial charge >= 0.3 is 6.09 Å². The summed E-state index contributed by atoms with van der Waals surface area (Å²) in [6.45, 7) is 0.774. The van der Waals surface area contributed by atoms with Crippen LogP contribution in [0.3, 0.4) is 0 Å². The molecule has 0 unspecified atom stereocenters. The number of nitrogens with one attached hydrogen (secondary N) is 1. The van der Waals surface area contributed by atoms with Gasteiger partial charge in [-0.15, -0.1) is 0 Å². The normalized spacial score (nSPS) is 17.9. The van der Waals surface area contributed by atoms with Crippen molar-refractivity contribution in [1.82, 2.24) is 5.32 Å². The smallest absolute Gasteiger partial charge is 0.407 e. The van der Waals surface area contributed by atoms with Crippen LogP contribution in [0, 0.1) is 0 Å². The summed E-state index contributed by atoms with van der Waals surface area (Å²) in [5.41, 5.74) is 0.976. The maximum atomic E-state index is 11.5. The van der Waals surface area contributed by atoms with Gasteiger partial charge in [-0.2, -0.15) is 0 Å². The van der Waals surface area contributed by atoms with Crippen molar-refractivity contribution in [1.29, 1.82) is 0 Å². The van der Waals surface area contributed by atoms with Gasteiger partial charge in [-0.25, -0.2) is 4.79 Å². The van der Waals surface area contributed by atoms with Crippen molar-refractivity contribution in [2.75, 3.05) is 6.54 Å². The second-order valence-electron chi connectivity index (χ2n) is 4.15. The molecule has 0 bridgehead atoms. The quantitative estimate of drug-likeness (QED) is 0.889. The van der Waals surface area contributed by atoms with Crippen molar-refractivity contribution in [3.63, 3.8) is 0 Å². The molecular formula is C14H17NO3. The van der Waals surface area contributed by atoms with Crippen molar-refractivity contribution in [2.24, 2.45) is 0 Å². The molecule has 0 saturated heterocycles. The molecule has 0 aromatic heterocycles. The highest BCUT2D eigenvalue weighted by molar-refractivity contribution is 5.67. The number of hydrogen-bond donors (Lipinski definition) is 1. The standard InChI is InChI=1S/C14H17NO3/c16-14(15-10-13-8-4-5-9-17-13)18-11-12-6-2-1-3-7-12/h1-3,5-7,9,13H,4,8,10-11H2,(H,15,16)/t13-/m0/s1. The Kier molecular flexibility index (Phi) is 4.64. The van der Waals surface area contributed by atoms with E-state index in [2.05, 4.69) is 5.32 Å². The average molecular weight is 247 g/mol. The number of carbonyl (C=O) groups is 1. The van der Waals surface area contributed by atoms with E-state index in [-0.39, 0.29) is 12.7 Å². The van der Waals surface area contributed by atoms with Gasteiger partial charge in [0.05, 0.1) is 12.8 Å². The van der Waals surface area contributed by atoms with Crippen LogP contribution in [0.2, 0.25) is 0 Å². The minimum Gasteiger partial charge on any atom is -0.497 e. The second-order valence-corrected chi connectivity index (χ2v) is 4.15. The van der Waals surface area contributed by atoms with E-state index in [1.807, 2.05) is 36.4 Å². The van der Waals surface area contributed by atoms with E-state index in [0.29, 0.717) is 6.54 Å². The maximum absolute atomic E-state index is 11.5. The van der Waals surface area contributed by atoms with Gasteiger partial charge in [0, 0.05) is 0 Å². The van der Waals surface area contributed by atoms with E-state index in [4.69, 9.17) is 9.47 Å². The number of benzene rings is 1. The third kappa shape index (κ3) is 4.13. The molecule has 0 saturated carbocycles. The summed E-state index contributed by atoms with van der Waals surface area (Å²) in [5, 5.41) is 2.70. The monoisotopic (exact) mass is 247 g/mol. The Balaban J connectivity index is 1.64. The average Bonchev–Trinajstić information content (AvgIpc) is 2.45. The lowest BCUT2D eigenvalue weighted by Crippen LogP contribution is -2.33. The van der Waals surface area contributed by atoms with Crippen molar-refractivity contribution >= 4 is 6.09 Å². The van der Waals surface area contributed by atoms with Crippen LogP contribution in [0.15, 0.2) is 42.7 Å². The zero-order valence-electron chi connectivity index (χ0n) is 10.2. The summed E-state index contributed by atoms with van der Waals surface area (Å²) in [6, 6.07) is 9.60. The maximum Gasteiger partial charge on any atom is 0.407 e. The molecule has 0 radical (unpaired) electrons. The highest BCUT2D eigenvalue weighted by atomic mass is 16.5. The molecule has 1 heterocycles. The molecule has 2 rings (SSSR count). The molecule has 96 valence electrons. The minimum atomic E-state index is -0.406. The fourth-order valence-corrected chi connectivity index (χ4v) is 1.71. The topological polar surface area (TPSA) is 47.6 Å². The van der Waals surface area contributed by atoms with Crippen molar-refractivity contribution < 1.29 is 14.3 Å². The van der Waals surface area contributed by atoms with Crippen molar-refractivity contribution in [2.45, 2.75) is 25.6 Å². The van der Waals surface area contributed by atoms with Gasteiger partial charge < -0.3 is 14.8 Å². The van der Waals surface area contributed by atoms with Gasteiger partial charge in [-0.05, 0) is 24.5 Å². The first-order valence-corrected chi connectivity index (χ1v) is 6.09. The summed E-state index contributed by atoms with van der Waals surface area (Å²) < 4.78 is 10.4. The number of carbonyl (C=O) groups excluding carboxylic acids is 1. The zero-order valence-corrected chi connectivity index (χ0v) is 10.2. The molecular weight excluding hydrogens is 230 g/mol. The molecule has 1 amide bonds. The first-order chi connectivity index (χ1) is 8.84. The number of allylic oxidation sites excluding steroid dienone is 1. The molecule has 18 heavy (non-hydrogen) atoms. The van der Waals surface area contributed by atoms with Gasteiger partial charge in [0.2, 0.25) is 0 Å². The number of alkyl carbamates (subject to hydrolysis) is 1. The molecule has 0 aliphatic carbocycles. The van der Waals surface area contributed by atoms with Crippen LogP contribution in [0.1, 0.15) is 18.4 Å². The predicted molar refractivity (Wildman–Crippen MR) is 67.9 cm³/mol. The van der Waals surface area contributed by atoms with Gasteiger partial charge in [0.15, 0.2) is 0 Å². The lowest BCUT2D eigenvalue weighted by atomic mass is 10.1. The number of amides is 1. The molecule has 0 fully saturated rings. The molecule has 1 aliphatic heterocycles. The Hall–Kier alpha value is -1.97. The molecule has 1 N–H and O–H groups in total. The lowest BCUT2D eigenvalue weighted by Gasteiger charge is -2.19. The summed E-state index contributed by atoms with van der Waals surface area (Å²) >= 11 is 0. The fourth-order valence-electron chi connectivity index (χ4n) is 1.71. The van der Waals surface area contributed by atoms with Gasteiger partial charge in [-0.3, -0.25) is 0 Å². The third-order valence-electron chi connectivity index (χ3n) is 2.71. The number of rotatable bonds is 4. The van der Waals surface area contributed by atoms with Crippen LogP contribution in [0.25, 0.3) is 0 Å². The van der Waals surface area contributed by atoms with Crippen LogP contribution in [0.4, 0.5) is 4.79 Å². The van der Waals surface area contributed by atoms with E-state index >= 15 is 0 Å². The summed E-state index contributed by atoms with van der Waals surface area (Å²) in [6.07, 6.45) is 5.23. The Morgan fingerprint density at radius 2 is 2.22 bits per heavy atom. The zero-order chi connectivity index (χ0) is 12.6. The number of ether oxygens (including phenoxy) is 2. The minimum absolute atomic E-state index is 0.0549. The van der Waals surface area contributed by atoms with Crippen LogP contribution in [0.5, 0.6) is 0 Å². The third-order valence-corrected chi connectivity index (χ3v) is 2.71. The SMILES string of the molecule is O=C(NC[C@@H]1CCC=CO1)OCc1ccccc1. The molecule has 1 aromatic carbocycles. The number of hydrogen-bond acceptors (Lipinski definition) is 3. The van der Waals surface area contributed by atoms with Gasteiger partial charge in [0.25, 0.3) is 0 Å². The van der Waals surface area contributed by atoms with Crippen LogP contribution >= 0.6 is 0 Å². The molecule has 4 heteroatoms. The summed E-state index contributed by atoms with van der Waals surface area (Å²) in [5.74, 6) is 0. The van der Waals surface area contributed by atoms with E-state index in [9.17, 15) is 4.79 Å². The molecule has 0 spiro atoms. The fraction of sp³-hybridized carbons (Fsp3) is 0.357. The highest BCUT2D eigenvalue weighted by Gasteiger charge is 2.12. The Bertz CT molecular complexity index is 403. The molecule has 1 atom stereocenters. The largest absolute Gasteiger partial charge is 0.497 e. The Morgan fingerprint density at radius 3 is 2.94 bits per heavy atom. The van der Waals surface area contributed by atoms with Gasteiger partial charge in [-0.1, -0.05) is 30.3 Å². The lowest BCUT2D eigenvalue weighted by molar-refractivity contribution is 0.107.